The van der Waals surface area contributed by atoms with E-state index in [1.54, 1.807) is 0 Å². The van der Waals surface area contributed by atoms with E-state index in [4.69, 9.17) is 13.9 Å². The molecule has 0 aliphatic carbocycles. The Balaban J connectivity index is 1.41. The number of aromatic nitrogens is 1. The molecular weight excluding hydrogens is 380 g/mol. The molecule has 6 nitrogen and oxygen atoms in total. The zero-order valence-corrected chi connectivity index (χ0v) is 17.4. The van der Waals surface area contributed by atoms with Crippen LogP contribution in [0.4, 0.5) is 0 Å². The number of carbonyl (C=O) groups is 1. The van der Waals surface area contributed by atoms with Crippen LogP contribution in [0.2, 0.25) is 0 Å². The number of aryl methyl sites for hydroxylation is 2. The molecule has 4 rings (SSSR count). The van der Waals surface area contributed by atoms with Crippen molar-refractivity contribution in [1.82, 2.24) is 10.3 Å². The molecule has 6 heteroatoms. The highest BCUT2D eigenvalue weighted by Gasteiger charge is 2.20. The van der Waals surface area contributed by atoms with Crippen LogP contribution in [0.25, 0.3) is 11.5 Å². The first-order valence-electron chi connectivity index (χ1n) is 10.2. The first-order valence-corrected chi connectivity index (χ1v) is 10.2. The van der Waals surface area contributed by atoms with Crippen molar-refractivity contribution in [3.63, 3.8) is 0 Å². The van der Waals surface area contributed by atoms with Gasteiger partial charge in [0.15, 0.2) is 0 Å². The van der Waals surface area contributed by atoms with Crippen LogP contribution in [0, 0.1) is 6.92 Å². The van der Waals surface area contributed by atoms with Gasteiger partial charge in [0.25, 0.3) is 0 Å². The summed E-state index contributed by atoms with van der Waals surface area (Å²) >= 11 is 0. The summed E-state index contributed by atoms with van der Waals surface area (Å²) in [5.74, 6) is 2.17. The van der Waals surface area contributed by atoms with Crippen molar-refractivity contribution in [1.29, 1.82) is 0 Å². The standard InChI is InChI=1S/C24H26N2O4/c1-16-21(26-24(30-16)18-6-4-3-5-7-18)12-13-29-22-10-8-17(9-11-23(27)28-2)19-14-25-15-20(19)22/h3-8,10,25H,9,11-15H2,1-2H3. The number of hydrogen-bond acceptors (Lipinski definition) is 6. The topological polar surface area (TPSA) is 73.6 Å². The third-order valence-electron chi connectivity index (χ3n) is 5.42. The minimum absolute atomic E-state index is 0.187. The lowest BCUT2D eigenvalue weighted by molar-refractivity contribution is -0.140. The third-order valence-corrected chi connectivity index (χ3v) is 5.42. The van der Waals surface area contributed by atoms with Crippen molar-refractivity contribution < 1.29 is 18.7 Å². The molecule has 0 fully saturated rings. The van der Waals surface area contributed by atoms with Gasteiger partial charge in [0.05, 0.1) is 19.4 Å². The maximum Gasteiger partial charge on any atom is 0.305 e. The third kappa shape index (κ3) is 4.39. The summed E-state index contributed by atoms with van der Waals surface area (Å²) in [7, 11) is 1.42. The number of rotatable bonds is 8. The maximum atomic E-state index is 11.5. The van der Waals surface area contributed by atoms with Crippen LogP contribution in [0.15, 0.2) is 46.9 Å². The molecule has 2 heterocycles. The molecule has 0 saturated heterocycles. The van der Waals surface area contributed by atoms with Gasteiger partial charge in [-0.1, -0.05) is 24.3 Å². The van der Waals surface area contributed by atoms with Crippen molar-refractivity contribution in [2.75, 3.05) is 13.7 Å². The van der Waals surface area contributed by atoms with Crippen LogP contribution in [0.5, 0.6) is 5.75 Å². The van der Waals surface area contributed by atoms with Gasteiger partial charge in [0.1, 0.15) is 11.5 Å². The number of nitrogens with one attached hydrogen (secondary N) is 1. The highest BCUT2D eigenvalue weighted by Crippen LogP contribution is 2.30. The highest BCUT2D eigenvalue weighted by atomic mass is 16.5. The zero-order valence-electron chi connectivity index (χ0n) is 17.4. The number of esters is 1. The van der Waals surface area contributed by atoms with Crippen LogP contribution in [-0.2, 0) is 35.5 Å². The summed E-state index contributed by atoms with van der Waals surface area (Å²) in [6.07, 6.45) is 1.74. The normalized spacial score (nSPS) is 12.6. The minimum atomic E-state index is -0.187. The maximum absolute atomic E-state index is 11.5. The second-order valence-electron chi connectivity index (χ2n) is 7.35. The fourth-order valence-corrected chi connectivity index (χ4v) is 3.78. The summed E-state index contributed by atoms with van der Waals surface area (Å²) in [5.41, 5.74) is 5.48. The van der Waals surface area contributed by atoms with E-state index in [0.717, 1.165) is 35.9 Å². The van der Waals surface area contributed by atoms with Gasteiger partial charge in [-0.05, 0) is 42.7 Å². The Labute approximate surface area is 176 Å². The summed E-state index contributed by atoms with van der Waals surface area (Å²) in [4.78, 5) is 16.1. The predicted molar refractivity (Wildman–Crippen MR) is 113 cm³/mol. The average Bonchev–Trinajstić information content (AvgIpc) is 3.41. The summed E-state index contributed by atoms with van der Waals surface area (Å²) < 4.78 is 16.7. The number of fused-ring (bicyclic) bond motifs is 1. The number of oxazole rings is 1. The van der Waals surface area contributed by atoms with Crippen molar-refractivity contribution in [3.05, 3.63) is 70.6 Å². The van der Waals surface area contributed by atoms with Gasteiger partial charge < -0.3 is 19.2 Å². The van der Waals surface area contributed by atoms with Crippen molar-refractivity contribution >= 4 is 5.97 Å². The lowest BCUT2D eigenvalue weighted by atomic mass is 9.99. The first-order chi connectivity index (χ1) is 14.7. The number of ether oxygens (including phenoxy) is 2. The Morgan fingerprint density at radius 1 is 1.10 bits per heavy atom. The second-order valence-corrected chi connectivity index (χ2v) is 7.35. The fourth-order valence-electron chi connectivity index (χ4n) is 3.78. The van der Waals surface area contributed by atoms with Crippen molar-refractivity contribution in [2.24, 2.45) is 0 Å². The fraction of sp³-hybridized carbons (Fsp3) is 0.333. The van der Waals surface area contributed by atoms with Gasteiger partial charge in [0, 0.05) is 37.1 Å². The molecule has 0 amide bonds. The molecule has 0 bridgehead atoms. The second kappa shape index (κ2) is 9.13. The summed E-state index contributed by atoms with van der Waals surface area (Å²) in [5, 5.41) is 3.39. The minimum Gasteiger partial charge on any atom is -0.493 e. The van der Waals surface area contributed by atoms with E-state index < -0.39 is 0 Å². The largest absolute Gasteiger partial charge is 0.493 e. The van der Waals surface area contributed by atoms with Gasteiger partial charge in [-0.2, -0.15) is 0 Å². The Hall–Kier alpha value is -3.12. The van der Waals surface area contributed by atoms with E-state index in [0.29, 0.717) is 31.8 Å². The van der Waals surface area contributed by atoms with E-state index in [1.807, 2.05) is 43.3 Å². The quantitative estimate of drug-likeness (QED) is 0.571. The Kier molecular flexibility index (Phi) is 6.14. The van der Waals surface area contributed by atoms with E-state index in [1.165, 1.54) is 23.8 Å². The van der Waals surface area contributed by atoms with E-state index in [2.05, 4.69) is 16.4 Å². The SMILES string of the molecule is COC(=O)CCc1ccc(OCCc2nc(-c3ccccc3)oc2C)c2c1CNC2. The van der Waals surface area contributed by atoms with Crippen molar-refractivity contribution in [2.45, 2.75) is 39.3 Å². The number of methoxy groups -OCH3 is 1. The van der Waals surface area contributed by atoms with E-state index in [9.17, 15) is 4.79 Å². The van der Waals surface area contributed by atoms with E-state index >= 15 is 0 Å². The number of carbonyl (C=O) groups excluding carboxylic acids is 1. The molecule has 1 aliphatic rings. The lowest BCUT2D eigenvalue weighted by Gasteiger charge is -2.13. The Morgan fingerprint density at radius 2 is 1.90 bits per heavy atom. The van der Waals surface area contributed by atoms with Gasteiger partial charge in [-0.3, -0.25) is 4.79 Å². The van der Waals surface area contributed by atoms with Crippen molar-refractivity contribution in [3.8, 4) is 17.2 Å². The molecule has 0 spiro atoms. The highest BCUT2D eigenvalue weighted by molar-refractivity contribution is 5.69. The Morgan fingerprint density at radius 3 is 2.70 bits per heavy atom. The molecule has 1 aliphatic heterocycles. The van der Waals surface area contributed by atoms with Crippen LogP contribution >= 0.6 is 0 Å². The molecule has 1 aromatic heterocycles. The van der Waals surface area contributed by atoms with Crippen LogP contribution in [0.1, 0.15) is 34.6 Å². The molecular formula is C24H26N2O4. The van der Waals surface area contributed by atoms with Crippen LogP contribution < -0.4 is 10.1 Å². The number of nitrogens with zero attached hydrogens (tertiary/aromatic N) is 1. The molecule has 2 aromatic carbocycles. The predicted octanol–water partition coefficient (Wildman–Crippen LogP) is 3.98. The Bertz CT molecular complexity index is 1030. The number of benzene rings is 2. The summed E-state index contributed by atoms with van der Waals surface area (Å²) in [6.45, 7) is 4.03. The molecule has 0 radical (unpaired) electrons. The van der Waals surface area contributed by atoms with E-state index in [-0.39, 0.29) is 5.97 Å². The molecule has 156 valence electrons. The molecule has 0 unspecified atom stereocenters. The van der Waals surface area contributed by atoms with Gasteiger partial charge in [-0.15, -0.1) is 0 Å². The molecule has 1 N–H and O–H groups in total. The van der Waals surface area contributed by atoms with Crippen LogP contribution in [-0.4, -0.2) is 24.7 Å². The van der Waals surface area contributed by atoms with Gasteiger partial charge in [0.2, 0.25) is 5.89 Å². The van der Waals surface area contributed by atoms with Crippen LogP contribution in [0.3, 0.4) is 0 Å². The smallest absolute Gasteiger partial charge is 0.305 e. The zero-order chi connectivity index (χ0) is 20.9. The monoisotopic (exact) mass is 406 g/mol. The van der Waals surface area contributed by atoms with Gasteiger partial charge >= 0.3 is 5.97 Å². The van der Waals surface area contributed by atoms with Gasteiger partial charge in [-0.25, -0.2) is 4.98 Å². The average molecular weight is 406 g/mol. The molecule has 0 atom stereocenters. The molecule has 0 saturated carbocycles. The first kappa shape index (κ1) is 20.2. The lowest BCUT2D eigenvalue weighted by Crippen LogP contribution is -2.07. The molecule has 3 aromatic rings. The number of hydrogen-bond donors (Lipinski definition) is 1. The molecule has 30 heavy (non-hydrogen) atoms. The summed E-state index contributed by atoms with van der Waals surface area (Å²) in [6, 6.07) is 14.0.